The van der Waals surface area contributed by atoms with Gasteiger partial charge in [0, 0.05) is 31.8 Å². The Bertz CT molecular complexity index is 1260. The maximum Gasteiger partial charge on any atom is 0.270 e. The van der Waals surface area contributed by atoms with Crippen LogP contribution in [0.25, 0.3) is 5.65 Å². The predicted molar refractivity (Wildman–Crippen MR) is 106 cm³/mol. The van der Waals surface area contributed by atoms with Crippen LogP contribution in [0.1, 0.15) is 33.3 Å². The van der Waals surface area contributed by atoms with Gasteiger partial charge in [0.2, 0.25) is 0 Å². The highest BCUT2D eigenvalue weighted by Crippen LogP contribution is 2.22. The van der Waals surface area contributed by atoms with Crippen LogP contribution in [0.3, 0.4) is 0 Å². The maximum absolute atomic E-state index is 13.0. The van der Waals surface area contributed by atoms with E-state index in [1.165, 1.54) is 10.6 Å². The van der Waals surface area contributed by atoms with E-state index >= 15 is 0 Å². The standard InChI is InChI=1S/C22H18N4O3/c27-21(16-13-23-19-8-4-5-10-26(19)22(16)28)25-11-9-18-17(14-25)24-20(29-18)12-15-6-2-1-3-7-15/h1-8,10,13H,9,11-12,14H2. The van der Waals surface area contributed by atoms with Crippen molar-refractivity contribution in [3.8, 4) is 0 Å². The van der Waals surface area contributed by atoms with Gasteiger partial charge in [0.05, 0.1) is 6.54 Å². The summed E-state index contributed by atoms with van der Waals surface area (Å²) < 4.78 is 7.28. The topological polar surface area (TPSA) is 80.7 Å². The van der Waals surface area contributed by atoms with Crippen molar-refractivity contribution in [3.05, 3.63) is 99.8 Å². The van der Waals surface area contributed by atoms with Gasteiger partial charge in [-0.1, -0.05) is 36.4 Å². The molecule has 0 radical (unpaired) electrons. The van der Waals surface area contributed by atoms with Crippen molar-refractivity contribution in [2.45, 2.75) is 19.4 Å². The van der Waals surface area contributed by atoms with Crippen molar-refractivity contribution < 1.29 is 9.21 Å². The van der Waals surface area contributed by atoms with Crippen molar-refractivity contribution in [2.75, 3.05) is 6.54 Å². The first-order valence-corrected chi connectivity index (χ1v) is 9.46. The summed E-state index contributed by atoms with van der Waals surface area (Å²) >= 11 is 0. The molecule has 4 heterocycles. The quantitative estimate of drug-likeness (QED) is 0.540. The Morgan fingerprint density at radius 1 is 1.10 bits per heavy atom. The Kier molecular flexibility index (Phi) is 4.20. The van der Waals surface area contributed by atoms with E-state index in [1.807, 2.05) is 30.3 Å². The van der Waals surface area contributed by atoms with E-state index in [9.17, 15) is 9.59 Å². The van der Waals surface area contributed by atoms with Gasteiger partial charge in [-0.15, -0.1) is 0 Å². The molecule has 1 aliphatic rings. The minimum Gasteiger partial charge on any atom is -0.445 e. The SMILES string of the molecule is O=C(c1cnc2ccccn2c1=O)N1CCc2oc(Cc3ccccc3)nc2C1. The molecule has 144 valence electrons. The molecule has 1 aromatic carbocycles. The first-order chi connectivity index (χ1) is 14.2. The lowest BCUT2D eigenvalue weighted by Crippen LogP contribution is -2.39. The molecule has 1 aliphatic heterocycles. The van der Waals surface area contributed by atoms with Crippen LogP contribution in [-0.2, 0) is 19.4 Å². The molecule has 0 unspecified atom stereocenters. The summed E-state index contributed by atoms with van der Waals surface area (Å²) in [5.41, 5.74) is 2.08. The van der Waals surface area contributed by atoms with Gasteiger partial charge in [-0.05, 0) is 17.7 Å². The number of nitrogens with zero attached hydrogens (tertiary/aromatic N) is 4. The zero-order valence-electron chi connectivity index (χ0n) is 15.6. The number of carbonyl (C=O) groups is 1. The molecular weight excluding hydrogens is 368 g/mol. The largest absolute Gasteiger partial charge is 0.445 e. The van der Waals surface area contributed by atoms with E-state index in [1.54, 1.807) is 29.3 Å². The van der Waals surface area contributed by atoms with E-state index in [2.05, 4.69) is 9.97 Å². The van der Waals surface area contributed by atoms with Crippen molar-refractivity contribution >= 4 is 11.6 Å². The summed E-state index contributed by atoms with van der Waals surface area (Å²) in [6.45, 7) is 0.798. The number of oxazole rings is 1. The fourth-order valence-electron chi connectivity index (χ4n) is 3.62. The molecule has 0 aliphatic carbocycles. The number of hydrogen-bond acceptors (Lipinski definition) is 5. The maximum atomic E-state index is 13.0. The number of carbonyl (C=O) groups excluding carboxylic acids is 1. The molecule has 5 rings (SSSR count). The molecule has 0 spiro atoms. The number of hydrogen-bond donors (Lipinski definition) is 0. The van der Waals surface area contributed by atoms with Crippen LogP contribution in [0, 0.1) is 0 Å². The highest BCUT2D eigenvalue weighted by atomic mass is 16.4. The molecule has 0 atom stereocenters. The molecular formula is C22H18N4O3. The van der Waals surface area contributed by atoms with Gasteiger partial charge in [0.1, 0.15) is 22.7 Å². The van der Waals surface area contributed by atoms with Gasteiger partial charge < -0.3 is 9.32 Å². The third-order valence-electron chi connectivity index (χ3n) is 5.10. The Morgan fingerprint density at radius 2 is 1.93 bits per heavy atom. The number of rotatable bonds is 3. The summed E-state index contributed by atoms with van der Waals surface area (Å²) in [6.07, 6.45) is 4.16. The Hall–Kier alpha value is -3.74. The highest BCUT2D eigenvalue weighted by molar-refractivity contribution is 5.93. The van der Waals surface area contributed by atoms with Crippen LogP contribution in [0.4, 0.5) is 0 Å². The molecule has 0 fully saturated rings. The summed E-state index contributed by atoms with van der Waals surface area (Å²) in [5.74, 6) is 1.12. The smallest absolute Gasteiger partial charge is 0.270 e. The van der Waals surface area contributed by atoms with E-state index < -0.39 is 0 Å². The Balaban J connectivity index is 1.39. The van der Waals surface area contributed by atoms with Crippen LogP contribution in [0.15, 0.2) is 70.1 Å². The van der Waals surface area contributed by atoms with E-state index in [4.69, 9.17) is 4.42 Å². The van der Waals surface area contributed by atoms with Crippen LogP contribution in [0.5, 0.6) is 0 Å². The predicted octanol–water partition coefficient (Wildman–Crippen LogP) is 2.47. The third kappa shape index (κ3) is 3.20. The number of fused-ring (bicyclic) bond motifs is 2. The van der Waals surface area contributed by atoms with Crippen molar-refractivity contribution in [3.63, 3.8) is 0 Å². The summed E-state index contributed by atoms with van der Waals surface area (Å²) in [7, 11) is 0. The Morgan fingerprint density at radius 3 is 2.79 bits per heavy atom. The summed E-state index contributed by atoms with van der Waals surface area (Å²) in [6, 6.07) is 15.3. The number of pyridine rings is 1. The zero-order chi connectivity index (χ0) is 19.8. The fourth-order valence-corrected chi connectivity index (χ4v) is 3.62. The lowest BCUT2D eigenvalue weighted by molar-refractivity contribution is 0.0725. The molecule has 7 nitrogen and oxygen atoms in total. The number of amides is 1. The first-order valence-electron chi connectivity index (χ1n) is 9.46. The van der Waals surface area contributed by atoms with Crippen LogP contribution >= 0.6 is 0 Å². The van der Waals surface area contributed by atoms with Gasteiger partial charge in [-0.25, -0.2) is 9.97 Å². The lowest BCUT2D eigenvalue weighted by atomic mass is 10.1. The van der Waals surface area contributed by atoms with Crippen molar-refractivity contribution in [2.24, 2.45) is 0 Å². The van der Waals surface area contributed by atoms with Gasteiger partial charge in [-0.2, -0.15) is 0 Å². The second-order valence-electron chi connectivity index (χ2n) is 7.02. The molecule has 0 bridgehead atoms. The Labute approximate surface area is 166 Å². The van der Waals surface area contributed by atoms with E-state index in [0.717, 1.165) is 17.0 Å². The van der Waals surface area contributed by atoms with Crippen molar-refractivity contribution in [1.82, 2.24) is 19.3 Å². The molecule has 0 saturated heterocycles. The van der Waals surface area contributed by atoms with Crippen LogP contribution in [0.2, 0.25) is 0 Å². The zero-order valence-corrected chi connectivity index (χ0v) is 15.6. The van der Waals surface area contributed by atoms with Crippen LogP contribution in [-0.4, -0.2) is 31.7 Å². The number of benzene rings is 1. The van der Waals surface area contributed by atoms with Gasteiger partial charge >= 0.3 is 0 Å². The average molecular weight is 386 g/mol. The highest BCUT2D eigenvalue weighted by Gasteiger charge is 2.28. The number of aromatic nitrogens is 3. The molecule has 29 heavy (non-hydrogen) atoms. The molecule has 7 heteroatoms. The summed E-state index contributed by atoms with van der Waals surface area (Å²) in [4.78, 5) is 36.1. The van der Waals surface area contributed by atoms with E-state index in [-0.39, 0.29) is 17.0 Å². The fraction of sp³-hybridized carbons (Fsp3) is 0.182. The molecule has 0 saturated carbocycles. The molecule has 0 N–H and O–H groups in total. The van der Waals surface area contributed by atoms with Gasteiger partial charge in [0.25, 0.3) is 11.5 Å². The molecule has 3 aromatic heterocycles. The third-order valence-corrected chi connectivity index (χ3v) is 5.10. The minimum absolute atomic E-state index is 0.0603. The first kappa shape index (κ1) is 17.4. The van der Waals surface area contributed by atoms with Crippen molar-refractivity contribution in [1.29, 1.82) is 0 Å². The average Bonchev–Trinajstić information content (AvgIpc) is 3.16. The second-order valence-corrected chi connectivity index (χ2v) is 7.02. The second kappa shape index (κ2) is 7.01. The van der Waals surface area contributed by atoms with Gasteiger partial charge in [0.15, 0.2) is 5.89 Å². The monoisotopic (exact) mass is 386 g/mol. The van der Waals surface area contributed by atoms with E-state index in [0.29, 0.717) is 37.5 Å². The van der Waals surface area contributed by atoms with Crippen LogP contribution < -0.4 is 5.56 Å². The normalized spacial score (nSPS) is 13.4. The summed E-state index contributed by atoms with van der Waals surface area (Å²) in [5, 5.41) is 0. The molecule has 4 aromatic rings. The lowest BCUT2D eigenvalue weighted by Gasteiger charge is -2.25. The van der Waals surface area contributed by atoms with Gasteiger partial charge in [-0.3, -0.25) is 14.0 Å². The molecule has 1 amide bonds. The minimum atomic E-state index is -0.365.